The molecule has 3 aromatic carbocycles. The standard InChI is InChI=1S/C25H28FNO3/c1-19-5-3-4-6-25(19)30-18-23(28)17-27(15-20-7-11-22(26)12-8-20)16-21-9-13-24(29-2)14-10-21/h3-14,23,28H,15-18H2,1-2H3/t23-/m0/s1. The molecule has 0 aromatic heterocycles. The van der Waals surface area contributed by atoms with E-state index in [4.69, 9.17) is 9.47 Å². The molecule has 0 fully saturated rings. The smallest absolute Gasteiger partial charge is 0.123 e. The maximum absolute atomic E-state index is 13.3. The molecular formula is C25H28FNO3. The lowest BCUT2D eigenvalue weighted by Gasteiger charge is -2.25. The van der Waals surface area contributed by atoms with Crippen LogP contribution in [0.4, 0.5) is 4.39 Å². The molecule has 0 saturated carbocycles. The highest BCUT2D eigenvalue weighted by Gasteiger charge is 2.15. The Labute approximate surface area is 177 Å². The predicted octanol–water partition coefficient (Wildman–Crippen LogP) is 4.58. The van der Waals surface area contributed by atoms with E-state index in [0.29, 0.717) is 19.6 Å². The number of halogens is 1. The Hall–Kier alpha value is -2.89. The van der Waals surface area contributed by atoms with E-state index >= 15 is 0 Å². The molecule has 5 heteroatoms. The highest BCUT2D eigenvalue weighted by Crippen LogP contribution is 2.18. The van der Waals surface area contributed by atoms with Crippen LogP contribution in [0.25, 0.3) is 0 Å². The maximum Gasteiger partial charge on any atom is 0.123 e. The summed E-state index contributed by atoms with van der Waals surface area (Å²) in [6.45, 7) is 3.84. The van der Waals surface area contributed by atoms with E-state index in [-0.39, 0.29) is 12.4 Å². The van der Waals surface area contributed by atoms with Gasteiger partial charge in [0.25, 0.3) is 0 Å². The van der Waals surface area contributed by atoms with E-state index in [1.807, 2.05) is 55.5 Å². The molecule has 0 bridgehead atoms. The molecule has 0 heterocycles. The fourth-order valence-electron chi connectivity index (χ4n) is 3.28. The molecule has 0 aliphatic rings. The van der Waals surface area contributed by atoms with E-state index in [9.17, 15) is 9.50 Å². The van der Waals surface area contributed by atoms with E-state index in [2.05, 4.69) is 4.90 Å². The number of nitrogens with zero attached hydrogens (tertiary/aromatic N) is 1. The van der Waals surface area contributed by atoms with Crippen LogP contribution >= 0.6 is 0 Å². The third-order valence-corrected chi connectivity index (χ3v) is 4.88. The van der Waals surface area contributed by atoms with Gasteiger partial charge >= 0.3 is 0 Å². The Morgan fingerprint density at radius 3 is 2.10 bits per heavy atom. The van der Waals surface area contributed by atoms with Crippen LogP contribution in [0.2, 0.25) is 0 Å². The lowest BCUT2D eigenvalue weighted by molar-refractivity contribution is 0.0626. The van der Waals surface area contributed by atoms with Gasteiger partial charge in [0.2, 0.25) is 0 Å². The molecule has 1 atom stereocenters. The molecule has 0 saturated heterocycles. The minimum atomic E-state index is -0.664. The molecule has 3 aromatic rings. The molecule has 0 amide bonds. The summed E-state index contributed by atoms with van der Waals surface area (Å²) in [4.78, 5) is 2.13. The first kappa shape index (κ1) is 21.8. The zero-order chi connectivity index (χ0) is 21.3. The third-order valence-electron chi connectivity index (χ3n) is 4.88. The molecule has 1 N–H and O–H groups in total. The lowest BCUT2D eigenvalue weighted by Crippen LogP contribution is -2.35. The number of rotatable bonds is 10. The summed E-state index contributed by atoms with van der Waals surface area (Å²) in [5.41, 5.74) is 3.12. The molecule has 0 radical (unpaired) electrons. The monoisotopic (exact) mass is 409 g/mol. The van der Waals surface area contributed by atoms with Crippen LogP contribution in [0.1, 0.15) is 16.7 Å². The Bertz CT molecular complexity index is 912. The topological polar surface area (TPSA) is 41.9 Å². The molecule has 3 rings (SSSR count). The molecule has 0 aliphatic heterocycles. The average Bonchev–Trinajstić information content (AvgIpc) is 2.75. The van der Waals surface area contributed by atoms with Crippen molar-refractivity contribution in [3.05, 3.63) is 95.3 Å². The van der Waals surface area contributed by atoms with Crippen LogP contribution < -0.4 is 9.47 Å². The summed E-state index contributed by atoms with van der Waals surface area (Å²) in [5, 5.41) is 10.6. The molecule has 0 unspecified atom stereocenters. The van der Waals surface area contributed by atoms with Crippen molar-refractivity contribution in [3.8, 4) is 11.5 Å². The highest BCUT2D eigenvalue weighted by atomic mass is 19.1. The van der Waals surface area contributed by atoms with Crippen molar-refractivity contribution in [1.82, 2.24) is 4.90 Å². The van der Waals surface area contributed by atoms with Gasteiger partial charge in [-0.15, -0.1) is 0 Å². The van der Waals surface area contributed by atoms with Crippen LogP contribution in [0, 0.1) is 12.7 Å². The summed E-state index contributed by atoms with van der Waals surface area (Å²) in [6.07, 6.45) is -0.664. The summed E-state index contributed by atoms with van der Waals surface area (Å²) in [5.74, 6) is 1.32. The van der Waals surface area contributed by atoms with Gasteiger partial charge in [-0.05, 0) is 53.9 Å². The number of aryl methyl sites for hydroxylation is 1. The van der Waals surface area contributed by atoms with Gasteiger partial charge in [-0.1, -0.05) is 42.5 Å². The second kappa shape index (κ2) is 10.8. The molecular weight excluding hydrogens is 381 g/mol. The molecule has 0 aliphatic carbocycles. The summed E-state index contributed by atoms with van der Waals surface area (Å²) in [6, 6.07) is 22.1. The third kappa shape index (κ3) is 6.58. The van der Waals surface area contributed by atoms with Crippen LogP contribution in [0.15, 0.2) is 72.8 Å². The van der Waals surface area contributed by atoms with Crippen LogP contribution in [-0.4, -0.2) is 36.4 Å². The van der Waals surface area contributed by atoms with Crippen molar-refractivity contribution in [2.45, 2.75) is 26.1 Å². The SMILES string of the molecule is COc1ccc(CN(Cc2ccc(F)cc2)C[C@H](O)COc2ccccc2C)cc1. The van der Waals surface area contributed by atoms with Crippen molar-refractivity contribution in [2.75, 3.05) is 20.3 Å². The van der Waals surface area contributed by atoms with Gasteiger partial charge in [-0.2, -0.15) is 0 Å². The van der Waals surface area contributed by atoms with Gasteiger partial charge in [0.1, 0.15) is 30.0 Å². The van der Waals surface area contributed by atoms with Crippen molar-refractivity contribution in [3.63, 3.8) is 0 Å². The minimum Gasteiger partial charge on any atom is -0.497 e. The van der Waals surface area contributed by atoms with Crippen molar-refractivity contribution in [2.24, 2.45) is 0 Å². The Morgan fingerprint density at radius 2 is 1.50 bits per heavy atom. The summed E-state index contributed by atoms with van der Waals surface area (Å²) < 4.78 is 24.3. The van der Waals surface area contributed by atoms with Crippen LogP contribution in [0.5, 0.6) is 11.5 Å². The van der Waals surface area contributed by atoms with Gasteiger partial charge in [0, 0.05) is 19.6 Å². The highest BCUT2D eigenvalue weighted by molar-refractivity contribution is 5.31. The number of aliphatic hydroxyl groups is 1. The zero-order valence-electron chi connectivity index (χ0n) is 17.4. The van der Waals surface area contributed by atoms with Gasteiger partial charge in [-0.25, -0.2) is 4.39 Å². The van der Waals surface area contributed by atoms with Crippen LogP contribution in [0.3, 0.4) is 0 Å². The van der Waals surface area contributed by atoms with Gasteiger partial charge in [0.05, 0.1) is 7.11 Å². The first-order chi connectivity index (χ1) is 14.5. The second-order valence-corrected chi connectivity index (χ2v) is 7.37. The van der Waals surface area contributed by atoms with E-state index < -0.39 is 6.10 Å². The molecule has 30 heavy (non-hydrogen) atoms. The second-order valence-electron chi connectivity index (χ2n) is 7.37. The van der Waals surface area contributed by atoms with Gasteiger partial charge < -0.3 is 14.6 Å². The van der Waals surface area contributed by atoms with Gasteiger partial charge in [-0.3, -0.25) is 4.90 Å². The largest absolute Gasteiger partial charge is 0.497 e. The fourth-order valence-corrected chi connectivity index (χ4v) is 3.28. The molecule has 158 valence electrons. The average molecular weight is 410 g/mol. The van der Waals surface area contributed by atoms with Crippen molar-refractivity contribution < 1.29 is 19.0 Å². The lowest BCUT2D eigenvalue weighted by atomic mass is 10.1. The van der Waals surface area contributed by atoms with Crippen molar-refractivity contribution in [1.29, 1.82) is 0 Å². The zero-order valence-corrected chi connectivity index (χ0v) is 17.4. The normalized spacial score (nSPS) is 12.0. The first-order valence-corrected chi connectivity index (χ1v) is 9.99. The summed E-state index contributed by atoms with van der Waals surface area (Å²) >= 11 is 0. The molecule has 0 spiro atoms. The number of methoxy groups -OCH3 is 1. The number of hydrogen-bond donors (Lipinski definition) is 1. The first-order valence-electron chi connectivity index (χ1n) is 9.99. The Balaban J connectivity index is 1.65. The Morgan fingerprint density at radius 1 is 0.900 bits per heavy atom. The van der Waals surface area contributed by atoms with E-state index in [0.717, 1.165) is 28.2 Å². The van der Waals surface area contributed by atoms with Crippen LogP contribution in [-0.2, 0) is 13.1 Å². The minimum absolute atomic E-state index is 0.202. The Kier molecular flexibility index (Phi) is 7.82. The number of hydrogen-bond acceptors (Lipinski definition) is 4. The predicted molar refractivity (Wildman–Crippen MR) is 116 cm³/mol. The summed E-state index contributed by atoms with van der Waals surface area (Å²) in [7, 11) is 1.64. The number of benzene rings is 3. The molecule has 4 nitrogen and oxygen atoms in total. The number of aliphatic hydroxyl groups excluding tert-OH is 1. The fraction of sp³-hybridized carbons (Fsp3) is 0.280. The number of para-hydroxylation sites is 1. The maximum atomic E-state index is 13.3. The van der Waals surface area contributed by atoms with Gasteiger partial charge in [0.15, 0.2) is 0 Å². The van der Waals surface area contributed by atoms with E-state index in [1.165, 1.54) is 12.1 Å². The van der Waals surface area contributed by atoms with Crippen molar-refractivity contribution >= 4 is 0 Å². The quantitative estimate of drug-likeness (QED) is 0.532. The van der Waals surface area contributed by atoms with E-state index in [1.54, 1.807) is 19.2 Å². The number of ether oxygens (including phenoxy) is 2.